The lowest BCUT2D eigenvalue weighted by Gasteiger charge is -2.19. The highest BCUT2D eigenvalue weighted by molar-refractivity contribution is 5.62. The van der Waals surface area contributed by atoms with Crippen LogP contribution in [0.3, 0.4) is 0 Å². The van der Waals surface area contributed by atoms with Crippen LogP contribution >= 0.6 is 0 Å². The van der Waals surface area contributed by atoms with Gasteiger partial charge in [0.25, 0.3) is 0 Å². The standard InChI is InChI=1S/C11H17N5O/c1-7(6-17)8(2)13-10-11-15-14-9(3)16(11)5-4-12-10/h4-5,7-8,17H,6H2,1-3H3,(H,12,13). The molecule has 0 saturated heterocycles. The SMILES string of the molecule is Cc1nnc2c(NC(C)C(C)CO)nccn12. The third-order valence-electron chi connectivity index (χ3n) is 3.00. The van der Waals surface area contributed by atoms with Crippen LogP contribution < -0.4 is 5.32 Å². The molecule has 2 aromatic rings. The van der Waals surface area contributed by atoms with E-state index in [0.29, 0.717) is 11.5 Å². The molecule has 0 bridgehead atoms. The first-order valence-corrected chi connectivity index (χ1v) is 5.67. The molecule has 0 fully saturated rings. The fourth-order valence-corrected chi connectivity index (χ4v) is 1.56. The van der Waals surface area contributed by atoms with Crippen LogP contribution in [0.1, 0.15) is 19.7 Å². The maximum atomic E-state index is 9.11. The van der Waals surface area contributed by atoms with Crippen LogP contribution in [-0.4, -0.2) is 37.3 Å². The largest absolute Gasteiger partial charge is 0.396 e. The first-order valence-electron chi connectivity index (χ1n) is 5.67. The minimum absolute atomic E-state index is 0.121. The van der Waals surface area contributed by atoms with Crippen LogP contribution in [0.5, 0.6) is 0 Å². The maximum Gasteiger partial charge on any atom is 0.203 e. The molecular weight excluding hydrogens is 218 g/mol. The molecule has 92 valence electrons. The van der Waals surface area contributed by atoms with E-state index in [4.69, 9.17) is 5.11 Å². The topological polar surface area (TPSA) is 75.3 Å². The van der Waals surface area contributed by atoms with Gasteiger partial charge in [-0.2, -0.15) is 0 Å². The van der Waals surface area contributed by atoms with E-state index in [9.17, 15) is 0 Å². The predicted octanol–water partition coefficient (Wildman–Crippen LogP) is 0.862. The summed E-state index contributed by atoms with van der Waals surface area (Å²) in [6, 6.07) is 0.121. The summed E-state index contributed by atoms with van der Waals surface area (Å²) in [6.07, 6.45) is 3.54. The molecule has 0 aliphatic rings. The van der Waals surface area contributed by atoms with Gasteiger partial charge in [0, 0.05) is 25.0 Å². The molecule has 0 aromatic carbocycles. The lowest BCUT2D eigenvalue weighted by Crippen LogP contribution is -2.27. The molecule has 2 rings (SSSR count). The zero-order valence-corrected chi connectivity index (χ0v) is 10.3. The van der Waals surface area contributed by atoms with Gasteiger partial charge in [-0.25, -0.2) is 4.98 Å². The summed E-state index contributed by atoms with van der Waals surface area (Å²) < 4.78 is 1.88. The van der Waals surface area contributed by atoms with Crippen LogP contribution in [0.15, 0.2) is 12.4 Å². The zero-order valence-electron chi connectivity index (χ0n) is 10.3. The molecule has 2 N–H and O–H groups in total. The number of aromatic nitrogens is 4. The fraction of sp³-hybridized carbons (Fsp3) is 0.545. The van der Waals surface area contributed by atoms with Crippen LogP contribution in [0.25, 0.3) is 5.65 Å². The summed E-state index contributed by atoms with van der Waals surface area (Å²) in [5.41, 5.74) is 0.710. The number of rotatable bonds is 4. The maximum absolute atomic E-state index is 9.11. The van der Waals surface area contributed by atoms with Crippen molar-refractivity contribution >= 4 is 11.5 Å². The Hall–Kier alpha value is -1.69. The highest BCUT2D eigenvalue weighted by Gasteiger charge is 2.14. The smallest absolute Gasteiger partial charge is 0.203 e. The van der Waals surface area contributed by atoms with Gasteiger partial charge in [0.2, 0.25) is 5.65 Å². The van der Waals surface area contributed by atoms with Gasteiger partial charge in [-0.3, -0.25) is 4.40 Å². The Morgan fingerprint density at radius 3 is 2.88 bits per heavy atom. The normalized spacial score (nSPS) is 14.8. The number of aliphatic hydroxyl groups excluding tert-OH is 1. The van der Waals surface area contributed by atoms with Gasteiger partial charge < -0.3 is 10.4 Å². The second-order valence-electron chi connectivity index (χ2n) is 4.31. The Labute approximate surface area is 99.7 Å². The van der Waals surface area contributed by atoms with Gasteiger partial charge in [0.05, 0.1) is 0 Å². The Morgan fingerprint density at radius 1 is 1.41 bits per heavy atom. The summed E-state index contributed by atoms with van der Waals surface area (Å²) in [5, 5.41) is 20.5. The summed E-state index contributed by atoms with van der Waals surface area (Å²) in [5.74, 6) is 1.68. The third-order valence-corrected chi connectivity index (χ3v) is 3.00. The molecule has 0 amide bonds. The van der Waals surface area contributed by atoms with Crippen molar-refractivity contribution in [3.8, 4) is 0 Å². The van der Waals surface area contributed by atoms with Crippen molar-refractivity contribution in [3.05, 3.63) is 18.2 Å². The molecule has 0 spiro atoms. The number of aryl methyl sites for hydroxylation is 1. The first kappa shape index (κ1) is 11.8. The van der Waals surface area contributed by atoms with E-state index in [2.05, 4.69) is 20.5 Å². The van der Waals surface area contributed by atoms with Gasteiger partial charge in [-0.05, 0) is 19.8 Å². The summed E-state index contributed by atoms with van der Waals surface area (Å²) in [6.45, 7) is 6.02. The molecule has 0 radical (unpaired) electrons. The molecule has 2 atom stereocenters. The highest BCUT2D eigenvalue weighted by Crippen LogP contribution is 2.15. The Bertz CT molecular complexity index is 510. The quantitative estimate of drug-likeness (QED) is 0.822. The van der Waals surface area contributed by atoms with Gasteiger partial charge in [0.15, 0.2) is 5.82 Å². The van der Waals surface area contributed by atoms with Crippen molar-refractivity contribution in [2.45, 2.75) is 26.8 Å². The molecule has 2 aromatic heterocycles. The van der Waals surface area contributed by atoms with E-state index in [1.165, 1.54) is 0 Å². The molecule has 2 unspecified atom stereocenters. The molecule has 2 heterocycles. The molecule has 6 nitrogen and oxygen atoms in total. The van der Waals surface area contributed by atoms with E-state index in [0.717, 1.165) is 5.82 Å². The number of nitrogens with one attached hydrogen (secondary N) is 1. The second kappa shape index (κ2) is 4.67. The molecule has 0 aliphatic carbocycles. The van der Waals surface area contributed by atoms with E-state index in [-0.39, 0.29) is 18.6 Å². The first-order chi connectivity index (χ1) is 8.13. The minimum atomic E-state index is 0.121. The van der Waals surface area contributed by atoms with Gasteiger partial charge in [0.1, 0.15) is 5.82 Å². The van der Waals surface area contributed by atoms with Crippen molar-refractivity contribution in [2.75, 3.05) is 11.9 Å². The van der Waals surface area contributed by atoms with Crippen molar-refractivity contribution in [1.29, 1.82) is 0 Å². The lowest BCUT2D eigenvalue weighted by molar-refractivity contribution is 0.226. The number of nitrogens with zero attached hydrogens (tertiary/aromatic N) is 4. The number of anilines is 1. The predicted molar refractivity (Wildman–Crippen MR) is 64.9 cm³/mol. The molecule has 0 aliphatic heterocycles. The van der Waals surface area contributed by atoms with E-state index < -0.39 is 0 Å². The molecule has 17 heavy (non-hydrogen) atoms. The average molecular weight is 235 g/mol. The van der Waals surface area contributed by atoms with Gasteiger partial charge in [-0.15, -0.1) is 10.2 Å². The van der Waals surface area contributed by atoms with E-state index >= 15 is 0 Å². The minimum Gasteiger partial charge on any atom is -0.396 e. The van der Waals surface area contributed by atoms with Crippen molar-refractivity contribution < 1.29 is 5.11 Å². The van der Waals surface area contributed by atoms with Crippen molar-refractivity contribution in [3.63, 3.8) is 0 Å². The van der Waals surface area contributed by atoms with Gasteiger partial charge >= 0.3 is 0 Å². The Kier molecular flexibility index (Phi) is 3.23. The van der Waals surface area contributed by atoms with Crippen LogP contribution in [0.2, 0.25) is 0 Å². The second-order valence-corrected chi connectivity index (χ2v) is 4.31. The fourth-order valence-electron chi connectivity index (χ4n) is 1.56. The average Bonchev–Trinajstić information content (AvgIpc) is 2.71. The summed E-state index contributed by atoms with van der Waals surface area (Å²) in [7, 11) is 0. The zero-order chi connectivity index (χ0) is 12.4. The Morgan fingerprint density at radius 2 is 2.18 bits per heavy atom. The highest BCUT2D eigenvalue weighted by atomic mass is 16.3. The Balaban J connectivity index is 2.30. The van der Waals surface area contributed by atoms with Crippen LogP contribution in [0, 0.1) is 12.8 Å². The summed E-state index contributed by atoms with van der Waals surface area (Å²) >= 11 is 0. The van der Waals surface area contributed by atoms with Crippen molar-refractivity contribution in [1.82, 2.24) is 19.6 Å². The van der Waals surface area contributed by atoms with E-state index in [1.807, 2.05) is 31.4 Å². The lowest BCUT2D eigenvalue weighted by atomic mass is 10.1. The third kappa shape index (κ3) is 2.21. The van der Waals surface area contributed by atoms with Crippen LogP contribution in [0.4, 0.5) is 5.82 Å². The number of aliphatic hydroxyl groups is 1. The van der Waals surface area contributed by atoms with Crippen LogP contribution in [-0.2, 0) is 0 Å². The molecule has 0 saturated carbocycles. The number of hydrogen-bond donors (Lipinski definition) is 2. The number of fused-ring (bicyclic) bond motifs is 1. The monoisotopic (exact) mass is 235 g/mol. The molecular formula is C11H17N5O. The van der Waals surface area contributed by atoms with Crippen molar-refractivity contribution in [2.24, 2.45) is 5.92 Å². The number of hydrogen-bond acceptors (Lipinski definition) is 5. The van der Waals surface area contributed by atoms with Gasteiger partial charge in [-0.1, -0.05) is 6.92 Å². The summed E-state index contributed by atoms with van der Waals surface area (Å²) in [4.78, 5) is 4.26. The van der Waals surface area contributed by atoms with E-state index in [1.54, 1.807) is 6.20 Å². The molecule has 6 heteroatoms.